The summed E-state index contributed by atoms with van der Waals surface area (Å²) in [4.78, 5) is 23.6. The standard InChI is InChI=1S/C15H15FN2O2S/c1-9(11-3-5-12(16)6-4-11)17-15(20)13-7-8-14(21-13)18-10(2)19/h3-9H,1-2H3,(H,17,20)(H,18,19). The Labute approximate surface area is 126 Å². The summed E-state index contributed by atoms with van der Waals surface area (Å²) in [5.74, 6) is -0.715. The number of nitrogens with one attached hydrogen (secondary N) is 2. The zero-order chi connectivity index (χ0) is 15.4. The summed E-state index contributed by atoms with van der Waals surface area (Å²) in [5, 5.41) is 6.09. The fraction of sp³-hybridized carbons (Fsp3) is 0.200. The summed E-state index contributed by atoms with van der Waals surface area (Å²) >= 11 is 1.20. The SMILES string of the molecule is CC(=O)Nc1ccc(C(=O)NC(C)c2ccc(F)cc2)s1. The number of thiophene rings is 1. The van der Waals surface area contributed by atoms with Crippen molar-refractivity contribution in [1.29, 1.82) is 0 Å². The molecule has 1 unspecified atom stereocenters. The van der Waals surface area contributed by atoms with E-state index >= 15 is 0 Å². The molecule has 1 aromatic carbocycles. The lowest BCUT2D eigenvalue weighted by atomic mass is 10.1. The molecular formula is C15H15FN2O2S. The highest BCUT2D eigenvalue weighted by molar-refractivity contribution is 7.18. The molecule has 0 fully saturated rings. The number of benzene rings is 1. The van der Waals surface area contributed by atoms with E-state index in [0.717, 1.165) is 5.56 Å². The van der Waals surface area contributed by atoms with Gasteiger partial charge in [-0.15, -0.1) is 11.3 Å². The molecule has 1 aromatic heterocycles. The van der Waals surface area contributed by atoms with E-state index in [9.17, 15) is 14.0 Å². The first kappa shape index (κ1) is 15.2. The topological polar surface area (TPSA) is 58.2 Å². The van der Waals surface area contributed by atoms with Gasteiger partial charge in [-0.1, -0.05) is 12.1 Å². The van der Waals surface area contributed by atoms with E-state index in [-0.39, 0.29) is 23.7 Å². The van der Waals surface area contributed by atoms with Gasteiger partial charge >= 0.3 is 0 Å². The predicted octanol–water partition coefficient (Wildman–Crippen LogP) is 3.34. The Balaban J connectivity index is 2.02. The maximum Gasteiger partial charge on any atom is 0.261 e. The molecule has 2 rings (SSSR count). The Kier molecular flexibility index (Phi) is 4.70. The average Bonchev–Trinajstić information content (AvgIpc) is 2.87. The van der Waals surface area contributed by atoms with Crippen LogP contribution in [0, 0.1) is 5.82 Å². The molecular weight excluding hydrogens is 291 g/mol. The third kappa shape index (κ3) is 4.13. The second-order valence-electron chi connectivity index (χ2n) is 4.59. The molecule has 0 spiro atoms. The molecule has 0 saturated heterocycles. The van der Waals surface area contributed by atoms with Gasteiger partial charge in [0, 0.05) is 6.92 Å². The van der Waals surface area contributed by atoms with Gasteiger partial charge in [-0.2, -0.15) is 0 Å². The van der Waals surface area contributed by atoms with E-state index in [2.05, 4.69) is 10.6 Å². The maximum absolute atomic E-state index is 12.9. The van der Waals surface area contributed by atoms with Crippen LogP contribution in [-0.4, -0.2) is 11.8 Å². The van der Waals surface area contributed by atoms with Crippen molar-refractivity contribution in [3.63, 3.8) is 0 Å². The van der Waals surface area contributed by atoms with Crippen molar-refractivity contribution in [3.05, 3.63) is 52.7 Å². The van der Waals surface area contributed by atoms with Crippen LogP contribution in [-0.2, 0) is 4.79 Å². The molecule has 2 amide bonds. The number of hydrogen-bond acceptors (Lipinski definition) is 3. The van der Waals surface area contributed by atoms with Crippen molar-refractivity contribution in [1.82, 2.24) is 5.32 Å². The highest BCUT2D eigenvalue weighted by Gasteiger charge is 2.14. The van der Waals surface area contributed by atoms with Crippen molar-refractivity contribution < 1.29 is 14.0 Å². The van der Waals surface area contributed by atoms with Crippen LogP contribution >= 0.6 is 11.3 Å². The van der Waals surface area contributed by atoms with Crippen LogP contribution in [0.15, 0.2) is 36.4 Å². The van der Waals surface area contributed by atoms with Crippen molar-refractivity contribution in [2.24, 2.45) is 0 Å². The van der Waals surface area contributed by atoms with Gasteiger partial charge in [-0.25, -0.2) is 4.39 Å². The van der Waals surface area contributed by atoms with Crippen LogP contribution in [0.3, 0.4) is 0 Å². The lowest BCUT2D eigenvalue weighted by Crippen LogP contribution is -2.25. The molecule has 2 aromatic rings. The maximum atomic E-state index is 12.9. The van der Waals surface area contributed by atoms with Crippen LogP contribution in [0.25, 0.3) is 0 Å². The molecule has 110 valence electrons. The van der Waals surface area contributed by atoms with Crippen LogP contribution in [0.5, 0.6) is 0 Å². The molecule has 0 bridgehead atoms. The van der Waals surface area contributed by atoms with Crippen molar-refractivity contribution in [3.8, 4) is 0 Å². The fourth-order valence-electron chi connectivity index (χ4n) is 1.80. The molecule has 0 aliphatic rings. The minimum atomic E-state index is -0.310. The molecule has 0 aliphatic carbocycles. The third-order valence-corrected chi connectivity index (χ3v) is 3.85. The number of carbonyl (C=O) groups is 2. The summed E-state index contributed by atoms with van der Waals surface area (Å²) in [6.07, 6.45) is 0. The summed E-state index contributed by atoms with van der Waals surface area (Å²) in [6.45, 7) is 3.24. The molecule has 2 N–H and O–H groups in total. The summed E-state index contributed by atoms with van der Waals surface area (Å²) < 4.78 is 12.9. The number of halogens is 1. The number of amides is 2. The molecule has 1 heterocycles. The quantitative estimate of drug-likeness (QED) is 0.910. The Morgan fingerprint density at radius 3 is 2.43 bits per heavy atom. The van der Waals surface area contributed by atoms with E-state index < -0.39 is 0 Å². The minimum Gasteiger partial charge on any atom is -0.345 e. The van der Waals surface area contributed by atoms with Gasteiger partial charge in [0.25, 0.3) is 5.91 Å². The second kappa shape index (κ2) is 6.49. The molecule has 0 radical (unpaired) electrons. The van der Waals surface area contributed by atoms with E-state index in [0.29, 0.717) is 9.88 Å². The van der Waals surface area contributed by atoms with Crippen LogP contribution in [0.4, 0.5) is 9.39 Å². The zero-order valence-corrected chi connectivity index (χ0v) is 12.5. The molecule has 4 nitrogen and oxygen atoms in total. The fourth-order valence-corrected chi connectivity index (χ4v) is 2.66. The number of anilines is 1. The summed E-state index contributed by atoms with van der Waals surface area (Å²) in [7, 11) is 0. The predicted molar refractivity (Wildman–Crippen MR) is 80.9 cm³/mol. The van der Waals surface area contributed by atoms with Crippen molar-refractivity contribution >= 4 is 28.2 Å². The lowest BCUT2D eigenvalue weighted by molar-refractivity contribution is -0.114. The zero-order valence-electron chi connectivity index (χ0n) is 11.6. The van der Waals surface area contributed by atoms with E-state index in [1.165, 1.54) is 30.4 Å². The Bertz CT molecular complexity index is 652. The lowest BCUT2D eigenvalue weighted by Gasteiger charge is -2.13. The van der Waals surface area contributed by atoms with Gasteiger partial charge in [0.2, 0.25) is 5.91 Å². The molecule has 0 saturated carbocycles. The van der Waals surface area contributed by atoms with E-state index in [1.54, 1.807) is 24.3 Å². The monoisotopic (exact) mass is 306 g/mol. The molecule has 0 aliphatic heterocycles. The molecule has 1 atom stereocenters. The number of hydrogen-bond donors (Lipinski definition) is 2. The summed E-state index contributed by atoms with van der Waals surface area (Å²) in [5.41, 5.74) is 0.823. The average molecular weight is 306 g/mol. The van der Waals surface area contributed by atoms with E-state index in [1.807, 2.05) is 6.92 Å². The minimum absolute atomic E-state index is 0.177. The van der Waals surface area contributed by atoms with Crippen LogP contribution < -0.4 is 10.6 Å². The third-order valence-electron chi connectivity index (χ3n) is 2.85. The first-order valence-electron chi connectivity index (χ1n) is 6.39. The smallest absolute Gasteiger partial charge is 0.261 e. The van der Waals surface area contributed by atoms with Gasteiger partial charge in [-0.3, -0.25) is 9.59 Å². The van der Waals surface area contributed by atoms with Gasteiger partial charge in [0.15, 0.2) is 0 Å². The summed E-state index contributed by atoms with van der Waals surface area (Å²) in [6, 6.07) is 9.10. The Morgan fingerprint density at radius 2 is 1.81 bits per heavy atom. The normalized spacial score (nSPS) is 11.8. The van der Waals surface area contributed by atoms with Gasteiger partial charge in [-0.05, 0) is 36.8 Å². The number of rotatable bonds is 4. The van der Waals surface area contributed by atoms with Gasteiger partial charge in [0.1, 0.15) is 5.82 Å². The number of carbonyl (C=O) groups excluding carboxylic acids is 2. The molecule has 6 heteroatoms. The highest BCUT2D eigenvalue weighted by Crippen LogP contribution is 2.22. The van der Waals surface area contributed by atoms with Crippen LogP contribution in [0.2, 0.25) is 0 Å². The first-order valence-corrected chi connectivity index (χ1v) is 7.21. The molecule has 21 heavy (non-hydrogen) atoms. The van der Waals surface area contributed by atoms with Crippen molar-refractivity contribution in [2.75, 3.05) is 5.32 Å². The van der Waals surface area contributed by atoms with Gasteiger partial charge in [0.05, 0.1) is 15.9 Å². The second-order valence-corrected chi connectivity index (χ2v) is 5.68. The van der Waals surface area contributed by atoms with Crippen LogP contribution in [0.1, 0.15) is 35.1 Å². The van der Waals surface area contributed by atoms with Crippen molar-refractivity contribution in [2.45, 2.75) is 19.9 Å². The van der Waals surface area contributed by atoms with Gasteiger partial charge < -0.3 is 10.6 Å². The first-order chi connectivity index (χ1) is 9.95. The largest absolute Gasteiger partial charge is 0.345 e. The van der Waals surface area contributed by atoms with E-state index in [4.69, 9.17) is 0 Å². The highest BCUT2D eigenvalue weighted by atomic mass is 32.1. The Morgan fingerprint density at radius 1 is 1.14 bits per heavy atom. The Hall–Kier alpha value is -2.21.